The molecule has 4 heteroatoms. The summed E-state index contributed by atoms with van der Waals surface area (Å²) in [4.78, 5) is 13.4. The van der Waals surface area contributed by atoms with E-state index in [-0.39, 0.29) is 16.8 Å². The second-order valence-corrected chi connectivity index (χ2v) is 9.68. The fourth-order valence-electron chi connectivity index (χ4n) is 3.47. The van der Waals surface area contributed by atoms with Crippen molar-refractivity contribution in [2.45, 2.75) is 67.7 Å². The van der Waals surface area contributed by atoms with Crippen LogP contribution >= 0.6 is 0 Å². The summed E-state index contributed by atoms with van der Waals surface area (Å²) < 4.78 is 5.86. The Labute approximate surface area is 181 Å². The van der Waals surface area contributed by atoms with Crippen LogP contribution in [0.2, 0.25) is 0 Å². The molecule has 0 fully saturated rings. The molecule has 162 valence electrons. The van der Waals surface area contributed by atoms with E-state index in [9.17, 15) is 4.79 Å². The molecule has 4 nitrogen and oxygen atoms in total. The van der Waals surface area contributed by atoms with Crippen molar-refractivity contribution in [1.29, 1.82) is 0 Å². The average molecular weight is 409 g/mol. The minimum atomic E-state index is -0.590. The topological polar surface area (TPSA) is 51.0 Å². The summed E-state index contributed by atoms with van der Waals surface area (Å²) in [5.74, 6) is 0.362. The number of hydrogen-bond donors (Lipinski definition) is 0. The number of rotatable bonds is 9. The van der Waals surface area contributed by atoms with Crippen molar-refractivity contribution in [2.75, 3.05) is 0 Å². The average Bonchev–Trinajstić information content (AvgIpc) is 2.73. The van der Waals surface area contributed by atoms with Gasteiger partial charge in [-0.3, -0.25) is 4.79 Å². The van der Waals surface area contributed by atoms with Crippen LogP contribution in [0.15, 0.2) is 64.8 Å². The first-order chi connectivity index (χ1) is 14.0. The molecule has 0 aromatic heterocycles. The summed E-state index contributed by atoms with van der Waals surface area (Å²) >= 11 is 0. The van der Waals surface area contributed by atoms with Crippen LogP contribution in [0.3, 0.4) is 0 Å². The molecule has 0 radical (unpaired) electrons. The van der Waals surface area contributed by atoms with Gasteiger partial charge in [0.1, 0.15) is 5.75 Å². The number of esters is 1. The predicted octanol–water partition coefficient (Wildman–Crippen LogP) is 8.28. The van der Waals surface area contributed by atoms with Gasteiger partial charge in [0, 0.05) is 0 Å². The second-order valence-electron chi connectivity index (χ2n) is 9.68. The molecule has 1 unspecified atom stereocenters. The summed E-state index contributed by atoms with van der Waals surface area (Å²) in [5, 5.41) is 8.46. The van der Waals surface area contributed by atoms with Gasteiger partial charge in [-0.1, -0.05) is 66.2 Å². The molecule has 0 bridgehead atoms. The van der Waals surface area contributed by atoms with E-state index in [0.717, 1.165) is 24.9 Å². The van der Waals surface area contributed by atoms with Gasteiger partial charge in [0.05, 0.1) is 16.8 Å². The first-order valence-electron chi connectivity index (χ1n) is 10.8. The zero-order chi connectivity index (χ0) is 22.4. The number of hydrogen-bond acceptors (Lipinski definition) is 4. The lowest BCUT2D eigenvalue weighted by Crippen LogP contribution is -2.47. The van der Waals surface area contributed by atoms with E-state index >= 15 is 0 Å². The van der Waals surface area contributed by atoms with Gasteiger partial charge in [-0.15, -0.1) is 0 Å². The van der Waals surface area contributed by atoms with E-state index in [0.29, 0.717) is 11.4 Å². The van der Waals surface area contributed by atoms with Crippen molar-refractivity contribution in [3.05, 3.63) is 54.6 Å². The normalized spacial score (nSPS) is 14.5. The SMILES string of the molecule is CCC(C)(C)CC(C)(C(=O)Oc1ccc(/N=N/c2ccccc2)cc1)C(C)(C)CC. The molecule has 0 heterocycles. The van der Waals surface area contributed by atoms with Crippen LogP contribution in [-0.2, 0) is 4.79 Å². The molecule has 0 spiro atoms. The molecule has 0 aliphatic heterocycles. The quantitative estimate of drug-likeness (QED) is 0.238. The van der Waals surface area contributed by atoms with Gasteiger partial charge in [-0.2, -0.15) is 10.2 Å². The first kappa shape index (κ1) is 23.8. The zero-order valence-corrected chi connectivity index (χ0v) is 19.5. The number of azo groups is 1. The van der Waals surface area contributed by atoms with E-state index in [1.54, 1.807) is 12.1 Å². The highest BCUT2D eigenvalue weighted by molar-refractivity contribution is 5.80. The monoisotopic (exact) mass is 408 g/mol. The zero-order valence-electron chi connectivity index (χ0n) is 19.5. The minimum absolute atomic E-state index is 0.0574. The molecule has 2 aromatic rings. The summed E-state index contributed by atoms with van der Waals surface area (Å²) in [6, 6.07) is 16.8. The molecule has 0 saturated carbocycles. The van der Waals surface area contributed by atoms with Gasteiger partial charge in [0.15, 0.2) is 0 Å². The number of benzene rings is 2. The predicted molar refractivity (Wildman–Crippen MR) is 124 cm³/mol. The van der Waals surface area contributed by atoms with Crippen molar-refractivity contribution in [3.63, 3.8) is 0 Å². The van der Waals surface area contributed by atoms with Gasteiger partial charge in [-0.25, -0.2) is 0 Å². The smallest absolute Gasteiger partial charge is 0.317 e. The third kappa shape index (κ3) is 5.78. The first-order valence-corrected chi connectivity index (χ1v) is 10.8. The summed E-state index contributed by atoms with van der Waals surface area (Å²) in [5.41, 5.74) is 0.793. The summed E-state index contributed by atoms with van der Waals surface area (Å²) in [7, 11) is 0. The van der Waals surface area contributed by atoms with Crippen molar-refractivity contribution in [1.82, 2.24) is 0 Å². The molecule has 30 heavy (non-hydrogen) atoms. The molecule has 0 N–H and O–H groups in total. The molecule has 0 aliphatic carbocycles. The maximum absolute atomic E-state index is 13.4. The van der Waals surface area contributed by atoms with E-state index in [1.807, 2.05) is 42.5 Å². The van der Waals surface area contributed by atoms with Crippen LogP contribution in [0.25, 0.3) is 0 Å². The van der Waals surface area contributed by atoms with Crippen molar-refractivity contribution in [3.8, 4) is 5.75 Å². The van der Waals surface area contributed by atoms with E-state index in [1.165, 1.54) is 0 Å². The molecular weight excluding hydrogens is 372 g/mol. The van der Waals surface area contributed by atoms with Crippen LogP contribution in [0, 0.1) is 16.2 Å². The third-order valence-electron chi connectivity index (χ3n) is 6.70. The second kappa shape index (κ2) is 9.55. The number of carbonyl (C=O) groups is 1. The highest BCUT2D eigenvalue weighted by Crippen LogP contribution is 2.50. The molecule has 0 aliphatic rings. The fourth-order valence-corrected chi connectivity index (χ4v) is 3.47. The number of ether oxygens (including phenoxy) is 1. The molecular formula is C26H36N2O2. The Kier molecular flexibility index (Phi) is 7.57. The summed E-state index contributed by atoms with van der Waals surface area (Å²) in [6.45, 7) is 15.1. The Morgan fingerprint density at radius 1 is 0.800 bits per heavy atom. The lowest BCUT2D eigenvalue weighted by Gasteiger charge is -2.45. The molecule has 0 saturated heterocycles. The standard InChI is InChI=1S/C26H36N2O2/c1-8-24(3,4)19-26(7,25(5,6)9-2)23(29)30-22-17-15-21(16-18-22)28-27-20-13-11-10-12-14-20/h10-18H,8-9,19H2,1-7H3/b28-27+. The van der Waals surface area contributed by atoms with Crippen molar-refractivity contribution >= 4 is 17.3 Å². The number of carbonyl (C=O) groups excluding carboxylic acids is 1. The van der Waals surface area contributed by atoms with Gasteiger partial charge in [0.25, 0.3) is 0 Å². The molecule has 2 rings (SSSR count). The Morgan fingerprint density at radius 2 is 1.33 bits per heavy atom. The summed E-state index contributed by atoms with van der Waals surface area (Å²) in [6.07, 6.45) is 2.69. The van der Waals surface area contributed by atoms with Crippen LogP contribution in [0.5, 0.6) is 5.75 Å². The lowest BCUT2D eigenvalue weighted by molar-refractivity contribution is -0.156. The van der Waals surface area contributed by atoms with Crippen molar-refractivity contribution in [2.24, 2.45) is 26.5 Å². The van der Waals surface area contributed by atoms with E-state index in [4.69, 9.17) is 4.74 Å². The molecule has 1 atom stereocenters. The largest absolute Gasteiger partial charge is 0.426 e. The Bertz CT molecular complexity index is 854. The molecule has 0 amide bonds. The van der Waals surface area contributed by atoms with E-state index < -0.39 is 5.41 Å². The third-order valence-corrected chi connectivity index (χ3v) is 6.70. The maximum atomic E-state index is 13.4. The lowest BCUT2D eigenvalue weighted by atomic mass is 9.58. The minimum Gasteiger partial charge on any atom is -0.426 e. The van der Waals surface area contributed by atoms with E-state index in [2.05, 4.69) is 58.7 Å². The number of nitrogens with zero attached hydrogens (tertiary/aromatic N) is 2. The maximum Gasteiger partial charge on any atom is 0.317 e. The van der Waals surface area contributed by atoms with Crippen LogP contribution in [-0.4, -0.2) is 5.97 Å². The Hall–Kier alpha value is -2.49. The van der Waals surface area contributed by atoms with Crippen LogP contribution < -0.4 is 4.74 Å². The fraction of sp³-hybridized carbons (Fsp3) is 0.500. The highest BCUT2D eigenvalue weighted by atomic mass is 16.5. The van der Waals surface area contributed by atoms with Gasteiger partial charge < -0.3 is 4.74 Å². The van der Waals surface area contributed by atoms with Gasteiger partial charge in [0.2, 0.25) is 0 Å². The molecule has 2 aromatic carbocycles. The Balaban J connectivity index is 2.18. The van der Waals surface area contributed by atoms with Crippen LogP contribution in [0.1, 0.15) is 67.7 Å². The highest BCUT2D eigenvalue weighted by Gasteiger charge is 2.49. The Morgan fingerprint density at radius 3 is 1.83 bits per heavy atom. The van der Waals surface area contributed by atoms with Gasteiger partial charge >= 0.3 is 5.97 Å². The van der Waals surface area contributed by atoms with Crippen LogP contribution in [0.4, 0.5) is 11.4 Å². The van der Waals surface area contributed by atoms with Gasteiger partial charge in [-0.05, 0) is 67.0 Å². The van der Waals surface area contributed by atoms with Crippen molar-refractivity contribution < 1.29 is 9.53 Å².